The second kappa shape index (κ2) is 8.67. The van der Waals surface area contributed by atoms with E-state index in [1.54, 1.807) is 20.8 Å². The molecule has 10 heteroatoms. The van der Waals surface area contributed by atoms with Crippen molar-refractivity contribution in [2.75, 3.05) is 11.5 Å². The number of anilines is 1. The van der Waals surface area contributed by atoms with Gasteiger partial charge in [0, 0.05) is 21.2 Å². The largest absolute Gasteiger partial charge is 0.483 e. The summed E-state index contributed by atoms with van der Waals surface area (Å²) in [6, 6.07) is 8.49. The van der Waals surface area contributed by atoms with Crippen molar-refractivity contribution in [1.82, 2.24) is 0 Å². The van der Waals surface area contributed by atoms with Gasteiger partial charge in [0.1, 0.15) is 11.4 Å². The van der Waals surface area contributed by atoms with Crippen LogP contribution >= 0.6 is 23.2 Å². The highest BCUT2D eigenvalue weighted by atomic mass is 35.5. The molecule has 1 heterocycles. The SMILES string of the molecule is CC(C)(C)OC(=O)N1C(=O)/C(=C\c2cc(Cl)ccc2OCC(F)(F)F)c2ccc(Cl)cc21. The number of alkyl halides is 3. The lowest BCUT2D eigenvalue weighted by molar-refractivity contribution is -0.153. The van der Waals surface area contributed by atoms with E-state index in [1.807, 2.05) is 0 Å². The molecular weight excluding hydrogens is 470 g/mol. The lowest BCUT2D eigenvalue weighted by atomic mass is 10.0. The van der Waals surface area contributed by atoms with E-state index >= 15 is 0 Å². The number of fused-ring (bicyclic) bond motifs is 1. The van der Waals surface area contributed by atoms with Gasteiger partial charge in [-0.2, -0.15) is 13.2 Å². The van der Waals surface area contributed by atoms with Crippen LogP contribution in [0, 0.1) is 0 Å². The number of carbonyl (C=O) groups is 2. The summed E-state index contributed by atoms with van der Waals surface area (Å²) in [6.07, 6.45) is -4.14. The Kier molecular flexibility index (Phi) is 6.49. The predicted molar refractivity (Wildman–Crippen MR) is 116 cm³/mol. The van der Waals surface area contributed by atoms with Gasteiger partial charge in [-0.3, -0.25) is 4.79 Å². The summed E-state index contributed by atoms with van der Waals surface area (Å²) in [4.78, 5) is 26.7. The van der Waals surface area contributed by atoms with Gasteiger partial charge < -0.3 is 9.47 Å². The summed E-state index contributed by atoms with van der Waals surface area (Å²) in [6.45, 7) is 3.43. The van der Waals surface area contributed by atoms with Gasteiger partial charge in [0.15, 0.2) is 6.61 Å². The fraction of sp³-hybridized carbons (Fsp3) is 0.273. The highest BCUT2D eigenvalue weighted by Crippen LogP contribution is 2.41. The first-order valence-corrected chi connectivity index (χ1v) is 10.1. The standard InChI is InChI=1S/C22H18Cl2F3NO4/c1-21(2,3)32-20(30)28-17-10-14(24)4-6-15(17)16(19(28)29)9-12-8-13(23)5-7-18(12)31-11-22(25,26)27/h4-10H,11H2,1-3H3/b16-9-. The smallest absolute Gasteiger partial charge is 0.422 e. The molecule has 0 saturated heterocycles. The molecule has 0 fully saturated rings. The van der Waals surface area contributed by atoms with Crippen molar-refractivity contribution in [3.63, 3.8) is 0 Å². The Bertz CT molecular complexity index is 1110. The van der Waals surface area contributed by atoms with Crippen LogP contribution in [0.4, 0.5) is 23.7 Å². The molecule has 0 N–H and O–H groups in total. The van der Waals surface area contributed by atoms with Gasteiger partial charge in [0.05, 0.1) is 11.3 Å². The minimum atomic E-state index is -4.55. The van der Waals surface area contributed by atoms with Crippen molar-refractivity contribution in [3.8, 4) is 5.75 Å². The summed E-state index contributed by atoms with van der Waals surface area (Å²) >= 11 is 12.1. The van der Waals surface area contributed by atoms with Gasteiger partial charge in [-0.15, -0.1) is 0 Å². The number of carbonyl (C=O) groups excluding carboxylic acids is 2. The molecule has 0 bridgehead atoms. The minimum Gasteiger partial charge on any atom is -0.483 e. The normalized spacial score (nSPS) is 15.2. The van der Waals surface area contributed by atoms with E-state index in [-0.39, 0.29) is 32.6 Å². The molecule has 0 spiro atoms. The third-order valence-corrected chi connectivity index (χ3v) is 4.63. The first-order valence-electron chi connectivity index (χ1n) is 9.33. The molecule has 0 aliphatic carbocycles. The Morgan fingerprint density at radius 2 is 1.69 bits per heavy atom. The van der Waals surface area contributed by atoms with Crippen molar-refractivity contribution in [2.24, 2.45) is 0 Å². The van der Waals surface area contributed by atoms with Crippen molar-refractivity contribution >= 4 is 52.5 Å². The van der Waals surface area contributed by atoms with Gasteiger partial charge in [-0.1, -0.05) is 29.3 Å². The van der Waals surface area contributed by atoms with Crippen molar-refractivity contribution in [1.29, 1.82) is 0 Å². The van der Waals surface area contributed by atoms with E-state index in [1.165, 1.54) is 42.5 Å². The average Bonchev–Trinajstić information content (AvgIpc) is 2.90. The van der Waals surface area contributed by atoms with Gasteiger partial charge in [0.2, 0.25) is 0 Å². The molecule has 2 aromatic carbocycles. The van der Waals surface area contributed by atoms with E-state index in [4.69, 9.17) is 32.7 Å². The van der Waals surface area contributed by atoms with Crippen LogP contribution in [-0.4, -0.2) is 30.4 Å². The highest BCUT2D eigenvalue weighted by molar-refractivity contribution is 6.42. The van der Waals surface area contributed by atoms with Crippen LogP contribution in [0.5, 0.6) is 5.75 Å². The second-order valence-electron chi connectivity index (χ2n) is 7.93. The summed E-state index contributed by atoms with van der Waals surface area (Å²) < 4.78 is 48.1. The number of hydrogen-bond donors (Lipinski definition) is 0. The topological polar surface area (TPSA) is 55.8 Å². The maximum Gasteiger partial charge on any atom is 0.422 e. The van der Waals surface area contributed by atoms with E-state index in [0.717, 1.165) is 4.90 Å². The van der Waals surface area contributed by atoms with Crippen LogP contribution in [0.15, 0.2) is 36.4 Å². The van der Waals surface area contributed by atoms with Gasteiger partial charge in [-0.25, -0.2) is 9.69 Å². The molecule has 1 aliphatic heterocycles. The molecule has 0 atom stereocenters. The fourth-order valence-corrected chi connectivity index (χ4v) is 3.32. The third kappa shape index (κ3) is 5.55. The molecule has 0 radical (unpaired) electrons. The van der Waals surface area contributed by atoms with E-state index < -0.39 is 30.4 Å². The van der Waals surface area contributed by atoms with Crippen LogP contribution in [0.3, 0.4) is 0 Å². The highest BCUT2D eigenvalue weighted by Gasteiger charge is 2.39. The Labute approximate surface area is 192 Å². The second-order valence-corrected chi connectivity index (χ2v) is 8.80. The molecule has 170 valence electrons. The van der Waals surface area contributed by atoms with Gasteiger partial charge in [-0.05, 0) is 57.2 Å². The van der Waals surface area contributed by atoms with E-state index in [2.05, 4.69) is 0 Å². The van der Waals surface area contributed by atoms with Crippen molar-refractivity contribution in [3.05, 3.63) is 57.6 Å². The first-order chi connectivity index (χ1) is 14.7. The monoisotopic (exact) mass is 487 g/mol. The maximum absolute atomic E-state index is 13.2. The molecular formula is C22H18Cl2F3NO4. The number of halogens is 5. The number of nitrogens with zero attached hydrogens (tertiary/aromatic N) is 1. The lowest BCUT2D eigenvalue weighted by Gasteiger charge is -2.23. The molecule has 0 saturated carbocycles. The Hall–Kier alpha value is -2.71. The molecule has 0 aromatic heterocycles. The fourth-order valence-electron chi connectivity index (χ4n) is 2.97. The van der Waals surface area contributed by atoms with Crippen LogP contribution < -0.4 is 9.64 Å². The molecule has 0 unspecified atom stereocenters. The third-order valence-electron chi connectivity index (χ3n) is 4.16. The zero-order valence-electron chi connectivity index (χ0n) is 17.2. The zero-order valence-corrected chi connectivity index (χ0v) is 18.7. The number of imide groups is 1. The summed E-state index contributed by atoms with van der Waals surface area (Å²) in [5, 5.41) is 0.505. The van der Waals surface area contributed by atoms with Crippen LogP contribution in [0.2, 0.25) is 10.0 Å². The molecule has 2 aromatic rings. The molecule has 2 amide bonds. The molecule has 32 heavy (non-hydrogen) atoms. The van der Waals surface area contributed by atoms with Gasteiger partial charge >= 0.3 is 12.3 Å². The average molecular weight is 488 g/mol. The molecule has 3 rings (SSSR count). The summed E-state index contributed by atoms with van der Waals surface area (Å²) in [7, 11) is 0. The number of benzene rings is 2. The Balaban J connectivity index is 2.08. The van der Waals surface area contributed by atoms with Gasteiger partial charge in [0.25, 0.3) is 5.91 Å². The number of ether oxygens (including phenoxy) is 2. The molecule has 1 aliphatic rings. The lowest BCUT2D eigenvalue weighted by Crippen LogP contribution is -2.38. The first kappa shape index (κ1) is 23.9. The summed E-state index contributed by atoms with van der Waals surface area (Å²) in [5.74, 6) is -0.850. The van der Waals surface area contributed by atoms with Crippen LogP contribution in [0.1, 0.15) is 31.9 Å². The number of rotatable bonds is 3. The van der Waals surface area contributed by atoms with Crippen LogP contribution in [0.25, 0.3) is 11.6 Å². The predicted octanol–water partition coefficient (Wildman–Crippen LogP) is 6.76. The maximum atomic E-state index is 13.2. The van der Waals surface area contributed by atoms with Crippen molar-refractivity contribution in [2.45, 2.75) is 32.5 Å². The minimum absolute atomic E-state index is 0.0432. The Morgan fingerprint density at radius 1 is 1.06 bits per heavy atom. The van der Waals surface area contributed by atoms with Crippen molar-refractivity contribution < 1.29 is 32.2 Å². The van der Waals surface area contributed by atoms with E-state index in [9.17, 15) is 22.8 Å². The summed E-state index contributed by atoms with van der Waals surface area (Å²) in [5.41, 5.74) is -0.137. The molecule has 5 nitrogen and oxygen atoms in total. The number of amides is 2. The Morgan fingerprint density at radius 3 is 2.31 bits per heavy atom. The van der Waals surface area contributed by atoms with E-state index in [0.29, 0.717) is 5.56 Å². The van der Waals surface area contributed by atoms with Crippen LogP contribution in [-0.2, 0) is 9.53 Å². The number of hydrogen-bond acceptors (Lipinski definition) is 4. The quantitative estimate of drug-likeness (QED) is 0.449. The zero-order chi connectivity index (χ0) is 23.8.